The van der Waals surface area contributed by atoms with Gasteiger partial charge in [0.2, 0.25) is 5.91 Å². The number of aromatic nitrogens is 1. The lowest BCUT2D eigenvalue weighted by atomic mass is 10.2. The molecule has 3 aromatic rings. The summed E-state index contributed by atoms with van der Waals surface area (Å²) in [7, 11) is 0. The van der Waals surface area contributed by atoms with Gasteiger partial charge in [0, 0.05) is 37.2 Å². The number of oxazole rings is 1. The van der Waals surface area contributed by atoms with E-state index in [0.717, 1.165) is 5.56 Å². The van der Waals surface area contributed by atoms with Crippen LogP contribution in [0.5, 0.6) is 0 Å². The van der Waals surface area contributed by atoms with Crippen LogP contribution in [0.4, 0.5) is 15.8 Å². The first-order valence-electron chi connectivity index (χ1n) is 9.72. The summed E-state index contributed by atoms with van der Waals surface area (Å²) in [4.78, 5) is 18.4. The maximum Gasteiger partial charge on any atom is 0.224 e. The van der Waals surface area contributed by atoms with E-state index in [9.17, 15) is 9.18 Å². The molecule has 1 fully saturated rings. The molecule has 0 unspecified atom stereocenters. The van der Waals surface area contributed by atoms with Crippen LogP contribution in [-0.4, -0.2) is 37.2 Å². The van der Waals surface area contributed by atoms with Crippen molar-refractivity contribution in [3.05, 3.63) is 65.4 Å². The van der Waals surface area contributed by atoms with Gasteiger partial charge >= 0.3 is 0 Å². The Balaban J connectivity index is 1.33. The smallest absolute Gasteiger partial charge is 0.224 e. The van der Waals surface area contributed by atoms with E-state index in [-0.39, 0.29) is 18.1 Å². The van der Waals surface area contributed by atoms with Crippen LogP contribution in [0.3, 0.4) is 0 Å². The lowest BCUT2D eigenvalue weighted by Gasteiger charge is -2.29. The summed E-state index contributed by atoms with van der Waals surface area (Å²) in [6, 6.07) is 12.0. The molecule has 0 atom stereocenters. The second kappa shape index (κ2) is 9.28. The zero-order chi connectivity index (χ0) is 20.9. The van der Waals surface area contributed by atoms with Crippen LogP contribution in [0.25, 0.3) is 11.3 Å². The Morgan fingerprint density at radius 3 is 2.77 bits per heavy atom. The van der Waals surface area contributed by atoms with Crippen molar-refractivity contribution in [3.63, 3.8) is 0 Å². The molecule has 1 saturated heterocycles. The molecule has 2 heterocycles. The average Bonchev–Trinajstić information content (AvgIpc) is 3.22. The largest absolute Gasteiger partial charge is 0.441 e. The minimum atomic E-state index is -0.369. The number of ether oxygens (including phenoxy) is 1. The predicted molar refractivity (Wildman–Crippen MR) is 113 cm³/mol. The molecule has 1 amide bonds. The first-order valence-corrected chi connectivity index (χ1v) is 10.1. The number of carbonyl (C=O) groups excluding carboxylic acids is 1. The number of halogens is 2. The Bertz CT molecular complexity index is 1030. The number of rotatable bonds is 6. The summed E-state index contributed by atoms with van der Waals surface area (Å²) >= 11 is 6.17. The van der Waals surface area contributed by atoms with Crippen molar-refractivity contribution >= 4 is 28.9 Å². The van der Waals surface area contributed by atoms with E-state index in [2.05, 4.69) is 10.3 Å². The van der Waals surface area contributed by atoms with Gasteiger partial charge in [0.15, 0.2) is 11.7 Å². The number of morpholine rings is 1. The average molecular weight is 430 g/mol. The van der Waals surface area contributed by atoms with Crippen LogP contribution < -0.4 is 10.2 Å². The van der Waals surface area contributed by atoms with Crippen LogP contribution in [0, 0.1) is 5.82 Å². The Morgan fingerprint density at radius 1 is 1.20 bits per heavy atom. The zero-order valence-electron chi connectivity index (χ0n) is 16.2. The van der Waals surface area contributed by atoms with Gasteiger partial charge in [-0.2, -0.15) is 0 Å². The zero-order valence-corrected chi connectivity index (χ0v) is 17.0. The van der Waals surface area contributed by atoms with E-state index in [0.29, 0.717) is 60.8 Å². The lowest BCUT2D eigenvalue weighted by Crippen LogP contribution is -2.36. The molecule has 1 aliphatic rings. The van der Waals surface area contributed by atoms with E-state index < -0.39 is 0 Å². The van der Waals surface area contributed by atoms with Crippen LogP contribution in [0.15, 0.2) is 53.1 Å². The van der Waals surface area contributed by atoms with Crippen molar-refractivity contribution in [3.8, 4) is 11.3 Å². The summed E-state index contributed by atoms with van der Waals surface area (Å²) < 4.78 is 25.5. The van der Waals surface area contributed by atoms with Gasteiger partial charge in [-0.15, -0.1) is 0 Å². The molecule has 1 N–H and O–H groups in total. The third-order valence-corrected chi connectivity index (χ3v) is 5.17. The number of aryl methyl sites for hydroxylation is 1. The monoisotopic (exact) mass is 429 g/mol. The van der Waals surface area contributed by atoms with Crippen LogP contribution in [0.1, 0.15) is 12.3 Å². The first kappa shape index (κ1) is 20.4. The van der Waals surface area contributed by atoms with Crippen LogP contribution in [0.2, 0.25) is 5.02 Å². The topological polar surface area (TPSA) is 67.6 Å². The molecular formula is C22H21ClFN3O3. The fourth-order valence-electron chi connectivity index (χ4n) is 3.30. The Labute approximate surface area is 178 Å². The van der Waals surface area contributed by atoms with Crippen molar-refractivity contribution < 1.29 is 18.3 Å². The molecule has 0 radical (unpaired) electrons. The van der Waals surface area contributed by atoms with Gasteiger partial charge < -0.3 is 19.4 Å². The summed E-state index contributed by atoms with van der Waals surface area (Å²) in [5, 5.41) is 3.29. The second-order valence-electron chi connectivity index (χ2n) is 6.91. The van der Waals surface area contributed by atoms with Crippen molar-refractivity contribution in [2.45, 2.75) is 12.8 Å². The SMILES string of the molecule is O=C(CCc1ncc(-c2ccccc2Cl)o1)Nc1ccc(N2CCOCC2)c(F)c1. The van der Waals surface area contributed by atoms with Crippen molar-refractivity contribution in [1.29, 1.82) is 0 Å². The van der Waals surface area contributed by atoms with Gasteiger partial charge in [0.1, 0.15) is 5.82 Å². The molecule has 0 aliphatic carbocycles. The molecule has 30 heavy (non-hydrogen) atoms. The molecule has 1 aliphatic heterocycles. The molecule has 0 spiro atoms. The molecule has 2 aromatic carbocycles. The number of anilines is 2. The van der Waals surface area contributed by atoms with Gasteiger partial charge in [-0.25, -0.2) is 9.37 Å². The highest BCUT2D eigenvalue weighted by molar-refractivity contribution is 6.33. The number of hydrogen-bond donors (Lipinski definition) is 1. The van der Waals surface area contributed by atoms with E-state index >= 15 is 0 Å². The second-order valence-corrected chi connectivity index (χ2v) is 7.32. The third kappa shape index (κ3) is 4.80. The van der Waals surface area contributed by atoms with E-state index in [1.165, 1.54) is 6.07 Å². The summed E-state index contributed by atoms with van der Waals surface area (Å²) in [5.74, 6) is 0.378. The van der Waals surface area contributed by atoms with Crippen molar-refractivity contribution in [1.82, 2.24) is 4.98 Å². The summed E-state index contributed by atoms with van der Waals surface area (Å²) in [6.07, 6.45) is 2.08. The Kier molecular flexibility index (Phi) is 6.30. The van der Waals surface area contributed by atoms with Gasteiger partial charge in [-0.1, -0.05) is 23.7 Å². The number of carbonyl (C=O) groups is 1. The standard InChI is InChI=1S/C22H21ClFN3O3/c23-17-4-2-1-3-16(17)20-14-25-22(30-20)8-7-21(28)26-15-5-6-19(18(24)13-15)27-9-11-29-12-10-27/h1-6,13-14H,7-12H2,(H,26,28). The minimum Gasteiger partial charge on any atom is -0.441 e. The highest BCUT2D eigenvalue weighted by Gasteiger charge is 2.16. The summed E-state index contributed by atoms with van der Waals surface area (Å²) in [6.45, 7) is 2.46. The van der Waals surface area contributed by atoms with Crippen LogP contribution >= 0.6 is 11.6 Å². The molecule has 8 heteroatoms. The summed E-state index contributed by atoms with van der Waals surface area (Å²) in [5.41, 5.74) is 1.68. The van der Waals surface area contributed by atoms with Crippen LogP contribution in [-0.2, 0) is 16.0 Å². The highest BCUT2D eigenvalue weighted by Crippen LogP contribution is 2.28. The fraction of sp³-hybridized carbons (Fsp3) is 0.273. The van der Waals surface area contributed by atoms with Gasteiger partial charge in [0.05, 0.1) is 30.1 Å². The minimum absolute atomic E-state index is 0.162. The molecule has 0 saturated carbocycles. The number of hydrogen-bond acceptors (Lipinski definition) is 5. The number of nitrogens with zero attached hydrogens (tertiary/aromatic N) is 2. The van der Waals surface area contributed by atoms with Crippen molar-refractivity contribution in [2.24, 2.45) is 0 Å². The first-order chi connectivity index (χ1) is 14.6. The Hall–Kier alpha value is -2.90. The normalized spacial score (nSPS) is 14.0. The van der Waals surface area contributed by atoms with E-state index in [1.54, 1.807) is 24.4 Å². The molecular weight excluding hydrogens is 409 g/mol. The molecule has 4 rings (SSSR count). The van der Waals surface area contributed by atoms with E-state index in [4.69, 9.17) is 20.8 Å². The molecule has 1 aromatic heterocycles. The van der Waals surface area contributed by atoms with Gasteiger partial charge in [0.25, 0.3) is 0 Å². The molecule has 0 bridgehead atoms. The third-order valence-electron chi connectivity index (χ3n) is 4.84. The number of benzene rings is 2. The highest BCUT2D eigenvalue weighted by atomic mass is 35.5. The van der Waals surface area contributed by atoms with Gasteiger partial charge in [-0.3, -0.25) is 4.79 Å². The fourth-order valence-corrected chi connectivity index (χ4v) is 3.53. The Morgan fingerprint density at radius 2 is 2.00 bits per heavy atom. The van der Waals surface area contributed by atoms with E-state index in [1.807, 2.05) is 23.1 Å². The lowest BCUT2D eigenvalue weighted by molar-refractivity contribution is -0.116. The maximum absolute atomic E-state index is 14.5. The number of amides is 1. The molecule has 156 valence electrons. The molecule has 6 nitrogen and oxygen atoms in total. The quantitative estimate of drug-likeness (QED) is 0.623. The maximum atomic E-state index is 14.5. The van der Waals surface area contributed by atoms with Gasteiger partial charge in [-0.05, 0) is 30.3 Å². The number of nitrogens with one attached hydrogen (secondary N) is 1. The van der Waals surface area contributed by atoms with Crippen molar-refractivity contribution in [2.75, 3.05) is 36.5 Å². The predicted octanol–water partition coefficient (Wildman–Crippen LogP) is 4.54.